The molecule has 0 unspecified atom stereocenters. The number of amides is 1. The van der Waals surface area contributed by atoms with Crippen molar-refractivity contribution in [2.75, 3.05) is 12.4 Å². The molecule has 0 aliphatic carbocycles. The van der Waals surface area contributed by atoms with Crippen molar-refractivity contribution in [1.82, 2.24) is 0 Å². The second kappa shape index (κ2) is 9.47. The monoisotopic (exact) mass is 341 g/mol. The summed E-state index contributed by atoms with van der Waals surface area (Å²) in [6.07, 6.45) is 0.933. The summed E-state index contributed by atoms with van der Waals surface area (Å²) in [7, 11) is 1.56. The van der Waals surface area contributed by atoms with E-state index in [1.54, 1.807) is 55.6 Å². The van der Waals surface area contributed by atoms with Gasteiger partial charge in [0.1, 0.15) is 5.75 Å². The molecule has 0 saturated carbocycles. The molecule has 2 aromatic rings. The minimum absolute atomic E-state index is 0.298. The number of carbonyl (C=O) groups is 2. The van der Waals surface area contributed by atoms with Gasteiger partial charge < -0.3 is 14.8 Å². The van der Waals surface area contributed by atoms with Crippen LogP contribution in [0.3, 0.4) is 0 Å². The lowest BCUT2D eigenvalue weighted by molar-refractivity contribution is -0.154. The van der Waals surface area contributed by atoms with E-state index in [0.717, 1.165) is 12.8 Å². The van der Waals surface area contributed by atoms with E-state index in [1.807, 2.05) is 13.0 Å². The zero-order valence-corrected chi connectivity index (χ0v) is 14.5. The largest absolute Gasteiger partial charge is 0.497 e. The summed E-state index contributed by atoms with van der Waals surface area (Å²) >= 11 is 0. The number of benzene rings is 2. The van der Waals surface area contributed by atoms with Gasteiger partial charge in [0.2, 0.25) is 6.10 Å². The number of carbonyl (C=O) groups excluding carboxylic acids is 2. The van der Waals surface area contributed by atoms with Crippen molar-refractivity contribution in [3.8, 4) is 5.75 Å². The number of unbranched alkanes of at least 4 members (excludes halogenated alkanes) is 1. The Bertz CT molecular complexity index is 700. The SMILES string of the molecule is CCCCC(=O)O[C@H](C(=O)Nc1cccc(OC)c1)c1ccccc1. The first-order valence-corrected chi connectivity index (χ1v) is 8.33. The Morgan fingerprint density at radius 3 is 2.52 bits per heavy atom. The van der Waals surface area contributed by atoms with Gasteiger partial charge in [0.15, 0.2) is 0 Å². The Morgan fingerprint density at radius 1 is 1.08 bits per heavy atom. The van der Waals surface area contributed by atoms with Gasteiger partial charge in [-0.05, 0) is 18.6 Å². The van der Waals surface area contributed by atoms with Crippen LogP contribution in [-0.4, -0.2) is 19.0 Å². The second-order valence-electron chi connectivity index (χ2n) is 5.61. The lowest BCUT2D eigenvalue weighted by atomic mass is 10.1. The van der Waals surface area contributed by atoms with Crippen molar-refractivity contribution in [2.45, 2.75) is 32.3 Å². The topological polar surface area (TPSA) is 64.6 Å². The van der Waals surface area contributed by atoms with E-state index >= 15 is 0 Å². The van der Waals surface area contributed by atoms with Gasteiger partial charge in [-0.1, -0.05) is 49.7 Å². The number of ether oxygens (including phenoxy) is 2. The van der Waals surface area contributed by atoms with Gasteiger partial charge in [0, 0.05) is 23.7 Å². The molecule has 1 amide bonds. The smallest absolute Gasteiger partial charge is 0.306 e. The van der Waals surface area contributed by atoms with Gasteiger partial charge in [-0.15, -0.1) is 0 Å². The van der Waals surface area contributed by atoms with Crippen LogP contribution in [0.5, 0.6) is 5.75 Å². The van der Waals surface area contributed by atoms with Crippen molar-refractivity contribution >= 4 is 17.6 Å². The Kier molecular flexibility index (Phi) is 7.01. The number of hydrogen-bond acceptors (Lipinski definition) is 4. The lowest BCUT2D eigenvalue weighted by Crippen LogP contribution is -2.25. The zero-order valence-electron chi connectivity index (χ0n) is 14.5. The molecule has 1 N–H and O–H groups in total. The summed E-state index contributed by atoms with van der Waals surface area (Å²) in [5.41, 5.74) is 1.21. The Labute approximate surface area is 148 Å². The fourth-order valence-corrected chi connectivity index (χ4v) is 2.32. The van der Waals surface area contributed by atoms with Crippen LogP contribution in [0.15, 0.2) is 54.6 Å². The maximum Gasteiger partial charge on any atom is 0.306 e. The van der Waals surface area contributed by atoms with E-state index < -0.39 is 12.0 Å². The number of esters is 1. The van der Waals surface area contributed by atoms with Crippen molar-refractivity contribution < 1.29 is 19.1 Å². The van der Waals surface area contributed by atoms with Gasteiger partial charge in [0.25, 0.3) is 5.91 Å². The summed E-state index contributed by atoms with van der Waals surface area (Å²) in [6.45, 7) is 2.00. The first kappa shape index (κ1) is 18.5. The normalized spacial score (nSPS) is 11.4. The molecular formula is C20H23NO4. The van der Waals surface area contributed by atoms with Crippen LogP contribution in [0.25, 0.3) is 0 Å². The van der Waals surface area contributed by atoms with Gasteiger partial charge in [-0.3, -0.25) is 9.59 Å². The summed E-state index contributed by atoms with van der Waals surface area (Å²) in [4.78, 5) is 24.7. The average molecular weight is 341 g/mol. The Morgan fingerprint density at radius 2 is 1.84 bits per heavy atom. The minimum Gasteiger partial charge on any atom is -0.497 e. The third-order valence-corrected chi connectivity index (χ3v) is 3.66. The second-order valence-corrected chi connectivity index (χ2v) is 5.61. The molecule has 2 rings (SSSR count). The van der Waals surface area contributed by atoms with Crippen molar-refractivity contribution in [3.05, 3.63) is 60.2 Å². The van der Waals surface area contributed by atoms with Crippen molar-refractivity contribution in [1.29, 1.82) is 0 Å². The zero-order chi connectivity index (χ0) is 18.1. The molecule has 5 nitrogen and oxygen atoms in total. The van der Waals surface area contributed by atoms with Crippen LogP contribution in [0.4, 0.5) is 5.69 Å². The molecule has 0 bridgehead atoms. The molecule has 0 aliphatic heterocycles. The fraction of sp³-hybridized carbons (Fsp3) is 0.300. The molecule has 0 saturated heterocycles. The van der Waals surface area contributed by atoms with Gasteiger partial charge in [-0.2, -0.15) is 0 Å². The molecule has 0 aromatic heterocycles. The van der Waals surface area contributed by atoms with Crippen LogP contribution in [-0.2, 0) is 14.3 Å². The predicted molar refractivity (Wildman–Crippen MR) is 96.4 cm³/mol. The first-order chi connectivity index (χ1) is 12.1. The number of hydrogen-bond donors (Lipinski definition) is 1. The van der Waals surface area contributed by atoms with E-state index in [2.05, 4.69) is 5.32 Å². The summed E-state index contributed by atoms with van der Waals surface area (Å²) in [6, 6.07) is 16.0. The molecule has 1 atom stereocenters. The van der Waals surface area contributed by atoms with E-state index in [-0.39, 0.29) is 5.97 Å². The van der Waals surface area contributed by atoms with Crippen LogP contribution in [0.1, 0.15) is 37.9 Å². The third kappa shape index (κ3) is 5.64. The summed E-state index contributed by atoms with van der Waals surface area (Å²) < 4.78 is 10.6. The summed E-state index contributed by atoms with van der Waals surface area (Å²) in [5.74, 6) is -0.144. The number of anilines is 1. The predicted octanol–water partition coefficient (Wildman–Crippen LogP) is 4.11. The van der Waals surface area contributed by atoms with E-state index in [4.69, 9.17) is 9.47 Å². The maximum atomic E-state index is 12.7. The van der Waals surface area contributed by atoms with E-state index in [9.17, 15) is 9.59 Å². The Balaban J connectivity index is 2.15. The van der Waals surface area contributed by atoms with Crippen molar-refractivity contribution in [2.24, 2.45) is 0 Å². The van der Waals surface area contributed by atoms with Gasteiger partial charge in [0.05, 0.1) is 7.11 Å². The number of rotatable bonds is 8. The van der Waals surface area contributed by atoms with Gasteiger partial charge >= 0.3 is 5.97 Å². The third-order valence-electron chi connectivity index (χ3n) is 3.66. The van der Waals surface area contributed by atoms with E-state index in [1.165, 1.54) is 0 Å². The highest BCUT2D eigenvalue weighted by Gasteiger charge is 2.25. The average Bonchev–Trinajstić information content (AvgIpc) is 2.65. The molecular weight excluding hydrogens is 318 g/mol. The van der Waals surface area contributed by atoms with E-state index in [0.29, 0.717) is 23.4 Å². The molecule has 25 heavy (non-hydrogen) atoms. The van der Waals surface area contributed by atoms with Crippen molar-refractivity contribution in [3.63, 3.8) is 0 Å². The number of nitrogens with one attached hydrogen (secondary N) is 1. The van der Waals surface area contributed by atoms with Crippen LogP contribution < -0.4 is 10.1 Å². The molecule has 2 aromatic carbocycles. The molecule has 0 heterocycles. The highest BCUT2D eigenvalue weighted by molar-refractivity contribution is 5.96. The van der Waals surface area contributed by atoms with Crippen LogP contribution in [0, 0.1) is 0 Å². The fourth-order valence-electron chi connectivity index (χ4n) is 2.32. The standard InChI is InChI=1S/C20H23NO4/c1-3-4-13-18(22)25-19(15-9-6-5-7-10-15)20(23)21-16-11-8-12-17(14-16)24-2/h5-12,14,19H,3-4,13H2,1-2H3,(H,21,23)/t19-/m0/s1. The highest BCUT2D eigenvalue weighted by Crippen LogP contribution is 2.23. The van der Waals surface area contributed by atoms with Crippen LogP contribution in [0.2, 0.25) is 0 Å². The molecule has 5 heteroatoms. The minimum atomic E-state index is -0.989. The Hall–Kier alpha value is -2.82. The highest BCUT2D eigenvalue weighted by atomic mass is 16.5. The molecule has 0 spiro atoms. The maximum absolute atomic E-state index is 12.7. The quantitative estimate of drug-likeness (QED) is 0.734. The molecule has 0 aliphatic rings. The van der Waals surface area contributed by atoms with Crippen LogP contribution >= 0.6 is 0 Å². The lowest BCUT2D eigenvalue weighted by Gasteiger charge is -2.18. The summed E-state index contributed by atoms with van der Waals surface area (Å²) in [5, 5.41) is 2.78. The van der Waals surface area contributed by atoms with Gasteiger partial charge in [-0.25, -0.2) is 0 Å². The molecule has 132 valence electrons. The number of methoxy groups -OCH3 is 1. The first-order valence-electron chi connectivity index (χ1n) is 8.33. The molecule has 0 radical (unpaired) electrons. The molecule has 0 fully saturated rings.